The van der Waals surface area contributed by atoms with Crippen molar-refractivity contribution in [3.05, 3.63) is 47.3 Å². The maximum absolute atomic E-state index is 14.2. The zero-order chi connectivity index (χ0) is 22.5. The van der Waals surface area contributed by atoms with E-state index in [0.717, 1.165) is 44.9 Å². The Labute approximate surface area is 187 Å². The fraction of sp³-hybridized carbons (Fsp3) is 0.440. The summed E-state index contributed by atoms with van der Waals surface area (Å²) in [7, 11) is 0. The van der Waals surface area contributed by atoms with Gasteiger partial charge < -0.3 is 19.5 Å². The number of aromatic amines is 1. The van der Waals surface area contributed by atoms with Crippen LogP contribution in [0.4, 0.5) is 9.18 Å². The maximum Gasteiger partial charge on any atom is 0.320 e. The lowest BCUT2D eigenvalue weighted by molar-refractivity contribution is 0.0727. The first-order valence-electron chi connectivity index (χ1n) is 11.2. The summed E-state index contributed by atoms with van der Waals surface area (Å²) in [4.78, 5) is 24.6. The van der Waals surface area contributed by atoms with E-state index in [4.69, 9.17) is 4.74 Å². The number of alkyl halides is 1. The molecule has 1 N–H and O–H groups in total. The van der Waals surface area contributed by atoms with Crippen LogP contribution in [0.15, 0.2) is 30.3 Å². The molecule has 0 saturated carbocycles. The Bertz CT molecular complexity index is 1180. The fourth-order valence-electron chi connectivity index (χ4n) is 4.72. The van der Waals surface area contributed by atoms with Crippen LogP contribution >= 0.6 is 0 Å². The van der Waals surface area contributed by atoms with Gasteiger partial charge in [0.05, 0.1) is 24.1 Å². The zero-order valence-corrected chi connectivity index (χ0v) is 18.9. The molecule has 1 fully saturated rings. The summed E-state index contributed by atoms with van der Waals surface area (Å²) in [5, 5.41) is 0. The number of rotatable bonds is 1. The van der Waals surface area contributed by atoms with Crippen molar-refractivity contribution in [1.29, 1.82) is 0 Å². The van der Waals surface area contributed by atoms with Crippen molar-refractivity contribution in [3.8, 4) is 16.9 Å². The molecule has 7 heteroatoms. The molecule has 0 bridgehead atoms. The number of amides is 2. The molecule has 1 aromatic heterocycles. The van der Waals surface area contributed by atoms with Gasteiger partial charge in [-0.05, 0) is 74.6 Å². The second-order valence-electron chi connectivity index (χ2n) is 9.29. The van der Waals surface area contributed by atoms with E-state index in [1.165, 1.54) is 0 Å². The number of aromatic nitrogens is 2. The number of urea groups is 1. The molecule has 1 saturated heterocycles. The second kappa shape index (κ2) is 7.80. The smallest absolute Gasteiger partial charge is 0.320 e. The van der Waals surface area contributed by atoms with E-state index in [1.54, 1.807) is 11.8 Å². The van der Waals surface area contributed by atoms with Crippen LogP contribution in [0.3, 0.4) is 0 Å². The van der Waals surface area contributed by atoms with Crippen LogP contribution in [-0.4, -0.2) is 57.7 Å². The number of nitrogens with zero attached hydrogens (tertiary/aromatic N) is 3. The highest BCUT2D eigenvalue weighted by Gasteiger charge is 2.34. The van der Waals surface area contributed by atoms with Gasteiger partial charge in [0.15, 0.2) is 0 Å². The lowest BCUT2D eigenvalue weighted by atomic mass is 9.96. The summed E-state index contributed by atoms with van der Waals surface area (Å²) in [6.07, 6.45) is 0.775. The van der Waals surface area contributed by atoms with Crippen molar-refractivity contribution in [1.82, 2.24) is 19.8 Å². The molecule has 2 aliphatic rings. The number of piperidine rings is 1. The Morgan fingerprint density at radius 1 is 1.09 bits per heavy atom. The number of nitrogens with one attached hydrogen (secondary N) is 1. The first kappa shape index (κ1) is 20.8. The van der Waals surface area contributed by atoms with Crippen molar-refractivity contribution < 1.29 is 13.9 Å². The number of hydrogen-bond donors (Lipinski definition) is 1. The number of hydrogen-bond acceptors (Lipinski definition) is 3. The minimum Gasteiger partial charge on any atom is -0.491 e. The normalized spacial score (nSPS) is 18.2. The molecular formula is C25H29FN4O2. The number of carbonyl (C=O) groups is 1. The van der Waals surface area contributed by atoms with Crippen LogP contribution in [0, 0.1) is 13.8 Å². The summed E-state index contributed by atoms with van der Waals surface area (Å²) in [5.74, 6) is 1.75. The molecule has 2 aliphatic heterocycles. The molecular weight excluding hydrogens is 407 g/mol. The largest absolute Gasteiger partial charge is 0.491 e. The molecule has 3 heterocycles. The van der Waals surface area contributed by atoms with Gasteiger partial charge in [0.2, 0.25) is 0 Å². The average molecular weight is 437 g/mol. The van der Waals surface area contributed by atoms with Gasteiger partial charge in [-0.2, -0.15) is 0 Å². The number of likely N-dealkylation sites (tertiary alicyclic amines) is 1. The van der Waals surface area contributed by atoms with Crippen LogP contribution in [0.2, 0.25) is 0 Å². The quantitative estimate of drug-likeness (QED) is 0.585. The Kier molecular flexibility index (Phi) is 5.07. The monoisotopic (exact) mass is 436 g/mol. The highest BCUT2D eigenvalue weighted by Crippen LogP contribution is 2.34. The Balaban J connectivity index is 1.43. The van der Waals surface area contributed by atoms with E-state index in [9.17, 15) is 9.18 Å². The van der Waals surface area contributed by atoms with Crippen molar-refractivity contribution in [2.75, 3.05) is 26.2 Å². The van der Waals surface area contributed by atoms with Crippen LogP contribution in [0.25, 0.3) is 22.2 Å². The summed E-state index contributed by atoms with van der Waals surface area (Å²) in [6.45, 7) is 7.99. The molecule has 32 heavy (non-hydrogen) atoms. The number of halogens is 1. The van der Waals surface area contributed by atoms with Crippen LogP contribution in [0.5, 0.6) is 5.75 Å². The van der Waals surface area contributed by atoms with Crippen molar-refractivity contribution in [2.24, 2.45) is 0 Å². The van der Waals surface area contributed by atoms with E-state index in [1.807, 2.05) is 24.8 Å². The van der Waals surface area contributed by atoms with E-state index in [0.29, 0.717) is 45.6 Å². The molecule has 2 amide bonds. The van der Waals surface area contributed by atoms with Crippen molar-refractivity contribution in [3.63, 3.8) is 0 Å². The molecule has 0 aliphatic carbocycles. The zero-order valence-electron chi connectivity index (χ0n) is 18.9. The minimum atomic E-state index is -1.18. The van der Waals surface area contributed by atoms with E-state index in [-0.39, 0.29) is 6.03 Å². The first-order valence-corrected chi connectivity index (χ1v) is 11.2. The maximum atomic E-state index is 14.2. The third kappa shape index (κ3) is 3.92. The topological polar surface area (TPSA) is 61.5 Å². The fourth-order valence-corrected chi connectivity index (χ4v) is 4.72. The Hall–Kier alpha value is -3.09. The summed E-state index contributed by atoms with van der Waals surface area (Å²) >= 11 is 0. The number of benzene rings is 2. The lowest BCUT2D eigenvalue weighted by Gasteiger charge is -2.36. The van der Waals surface area contributed by atoms with Gasteiger partial charge in [-0.25, -0.2) is 14.2 Å². The van der Waals surface area contributed by atoms with Gasteiger partial charge in [-0.15, -0.1) is 0 Å². The third-order valence-corrected chi connectivity index (χ3v) is 6.60. The number of imidazole rings is 1. The standard InChI is InChI=1S/C25H29FN4O2/c1-16-12-19(18-4-5-21-22(14-18)28-17(2)27-21)13-20-15-30(10-11-32-23(16)20)24(31)29-8-6-25(3,26)7-9-29/h4-5,12-14H,6-11,15H2,1-3H3,(H,27,28). The SMILES string of the molecule is Cc1nc2ccc(-c3cc(C)c4c(c3)CN(C(=O)N3CCC(C)(F)CC3)CCO4)cc2[nH]1. The van der Waals surface area contributed by atoms with Gasteiger partial charge in [-0.1, -0.05) is 6.07 Å². The predicted molar refractivity (Wildman–Crippen MR) is 123 cm³/mol. The van der Waals surface area contributed by atoms with Crippen molar-refractivity contribution >= 4 is 17.1 Å². The molecule has 3 aromatic rings. The highest BCUT2D eigenvalue weighted by molar-refractivity contribution is 5.82. The second-order valence-corrected chi connectivity index (χ2v) is 9.29. The number of ether oxygens (including phenoxy) is 1. The minimum absolute atomic E-state index is 0.0330. The predicted octanol–water partition coefficient (Wildman–Crippen LogP) is 4.99. The Morgan fingerprint density at radius 2 is 1.88 bits per heavy atom. The number of H-pyrrole nitrogens is 1. The Morgan fingerprint density at radius 3 is 2.66 bits per heavy atom. The van der Waals surface area contributed by atoms with Crippen molar-refractivity contribution in [2.45, 2.75) is 45.8 Å². The van der Waals surface area contributed by atoms with Gasteiger partial charge in [0.25, 0.3) is 0 Å². The lowest BCUT2D eigenvalue weighted by Crippen LogP contribution is -2.49. The van der Waals surface area contributed by atoms with Gasteiger partial charge >= 0.3 is 6.03 Å². The first-order chi connectivity index (χ1) is 15.3. The molecule has 0 spiro atoms. The van der Waals surface area contributed by atoms with Crippen LogP contribution in [0.1, 0.15) is 36.7 Å². The van der Waals surface area contributed by atoms with Crippen LogP contribution in [-0.2, 0) is 6.54 Å². The van der Waals surface area contributed by atoms with E-state index >= 15 is 0 Å². The number of aryl methyl sites for hydroxylation is 2. The highest BCUT2D eigenvalue weighted by atomic mass is 19.1. The summed E-state index contributed by atoms with van der Waals surface area (Å²) < 4.78 is 20.2. The summed E-state index contributed by atoms with van der Waals surface area (Å²) in [6, 6.07) is 10.4. The third-order valence-electron chi connectivity index (χ3n) is 6.60. The van der Waals surface area contributed by atoms with Gasteiger partial charge in [-0.3, -0.25) is 0 Å². The molecule has 6 nitrogen and oxygen atoms in total. The molecule has 2 aromatic carbocycles. The van der Waals surface area contributed by atoms with Crippen LogP contribution < -0.4 is 4.74 Å². The molecule has 168 valence electrons. The van der Waals surface area contributed by atoms with E-state index < -0.39 is 5.67 Å². The molecule has 5 rings (SSSR count). The van der Waals surface area contributed by atoms with Gasteiger partial charge in [0.1, 0.15) is 23.8 Å². The van der Waals surface area contributed by atoms with Gasteiger partial charge in [0, 0.05) is 18.7 Å². The molecule has 0 radical (unpaired) electrons. The average Bonchev–Trinajstić information content (AvgIpc) is 2.98. The number of fused-ring (bicyclic) bond motifs is 2. The molecule has 0 atom stereocenters. The number of carbonyl (C=O) groups excluding carboxylic acids is 1. The molecule has 0 unspecified atom stereocenters. The summed E-state index contributed by atoms with van der Waals surface area (Å²) in [5.41, 5.74) is 5.00. The van der Waals surface area contributed by atoms with E-state index in [2.05, 4.69) is 34.2 Å².